The van der Waals surface area contributed by atoms with E-state index in [-0.39, 0.29) is 0 Å². The van der Waals surface area contributed by atoms with Gasteiger partial charge in [0.1, 0.15) is 0 Å². The number of hydrogen-bond acceptors (Lipinski definition) is 4. The lowest BCUT2D eigenvalue weighted by Crippen LogP contribution is -2.34. The molecule has 0 bridgehead atoms. The molecule has 1 unspecified atom stereocenters. The molecule has 26 heavy (non-hydrogen) atoms. The van der Waals surface area contributed by atoms with Crippen molar-refractivity contribution in [2.75, 3.05) is 19.6 Å². The van der Waals surface area contributed by atoms with Crippen LogP contribution in [0.25, 0.3) is 0 Å². The molecular weight excluding hydrogens is 320 g/mol. The first kappa shape index (κ1) is 24.7. The zero-order valence-electron chi connectivity index (χ0n) is 17.4. The number of nitrogens with one attached hydrogen (secondary N) is 1. The molecule has 1 fully saturated rings. The van der Waals surface area contributed by atoms with Gasteiger partial charge in [-0.05, 0) is 38.3 Å². The van der Waals surface area contributed by atoms with Gasteiger partial charge in [-0.15, -0.1) is 0 Å². The lowest BCUT2D eigenvalue weighted by Gasteiger charge is -2.30. The van der Waals surface area contributed by atoms with E-state index in [2.05, 4.69) is 18.7 Å². The highest BCUT2D eigenvalue weighted by Crippen LogP contribution is 2.16. The third-order valence-corrected chi connectivity index (χ3v) is 5.18. The molecule has 1 aliphatic rings. The van der Waals surface area contributed by atoms with E-state index in [1.54, 1.807) is 5.32 Å². The van der Waals surface area contributed by atoms with Gasteiger partial charge in [-0.3, -0.25) is 0 Å². The maximum absolute atomic E-state index is 7.48. The van der Waals surface area contributed by atoms with Crippen LogP contribution in [0.3, 0.4) is 0 Å². The standard InChI is InChI=1S/C20H41N.C2HN3/c1-3-4-5-6-7-8-9-10-11-12-13-14-17-21-18-15-16-20(2)19-21;3-1-5-2-4/h20H,3-19H2,1-2H3;5H. The first-order chi connectivity index (χ1) is 12.7. The van der Waals surface area contributed by atoms with Gasteiger partial charge in [0.05, 0.1) is 0 Å². The van der Waals surface area contributed by atoms with Crippen LogP contribution in [0.5, 0.6) is 0 Å². The molecule has 1 saturated heterocycles. The number of rotatable bonds is 13. The van der Waals surface area contributed by atoms with Gasteiger partial charge in [0.15, 0.2) is 12.4 Å². The van der Waals surface area contributed by atoms with Crippen molar-refractivity contribution >= 4 is 0 Å². The Labute approximate surface area is 162 Å². The molecule has 0 amide bonds. The zero-order valence-corrected chi connectivity index (χ0v) is 17.4. The fraction of sp³-hybridized carbons (Fsp3) is 0.909. The Kier molecular flexibility index (Phi) is 19.1. The highest BCUT2D eigenvalue weighted by Gasteiger charge is 2.14. The van der Waals surface area contributed by atoms with Gasteiger partial charge in [0, 0.05) is 6.54 Å². The Hall–Kier alpha value is -1.26. The summed E-state index contributed by atoms with van der Waals surface area (Å²) in [5.74, 6) is 0.941. The van der Waals surface area contributed by atoms with Crippen LogP contribution in [0.1, 0.15) is 104 Å². The van der Waals surface area contributed by atoms with E-state index >= 15 is 0 Å². The highest BCUT2D eigenvalue weighted by molar-refractivity contribution is 4.77. The minimum atomic E-state index is 0.941. The van der Waals surface area contributed by atoms with Crippen LogP contribution in [-0.2, 0) is 0 Å². The normalized spacial score (nSPS) is 16.8. The lowest BCUT2D eigenvalue weighted by atomic mass is 10.00. The van der Waals surface area contributed by atoms with Crippen molar-refractivity contribution in [1.29, 1.82) is 10.5 Å². The molecule has 0 aromatic rings. The predicted molar refractivity (Wildman–Crippen MR) is 110 cm³/mol. The van der Waals surface area contributed by atoms with Crippen LogP contribution in [-0.4, -0.2) is 24.5 Å². The second kappa shape index (κ2) is 20.1. The van der Waals surface area contributed by atoms with E-state index in [4.69, 9.17) is 10.5 Å². The molecule has 0 saturated carbocycles. The highest BCUT2D eigenvalue weighted by atomic mass is 15.1. The summed E-state index contributed by atoms with van der Waals surface area (Å²) in [6.45, 7) is 8.79. The van der Waals surface area contributed by atoms with Gasteiger partial charge >= 0.3 is 0 Å². The molecular formula is C22H42N4. The summed E-state index contributed by atoms with van der Waals surface area (Å²) >= 11 is 0. The Morgan fingerprint density at radius 1 is 0.846 bits per heavy atom. The molecule has 0 aliphatic carbocycles. The van der Waals surface area contributed by atoms with E-state index in [0.29, 0.717) is 0 Å². The molecule has 0 aromatic heterocycles. The second-order valence-electron chi connectivity index (χ2n) is 7.79. The maximum Gasteiger partial charge on any atom is 0.190 e. The summed E-state index contributed by atoms with van der Waals surface area (Å²) in [6.07, 6.45) is 23.2. The third kappa shape index (κ3) is 17.6. The van der Waals surface area contributed by atoms with Gasteiger partial charge in [-0.2, -0.15) is 10.5 Å². The molecule has 0 spiro atoms. The maximum atomic E-state index is 7.48. The van der Waals surface area contributed by atoms with Crippen LogP contribution >= 0.6 is 0 Å². The average Bonchev–Trinajstić information content (AvgIpc) is 2.64. The van der Waals surface area contributed by atoms with Gasteiger partial charge < -0.3 is 4.90 Å². The van der Waals surface area contributed by atoms with Crippen LogP contribution in [0, 0.1) is 28.8 Å². The molecule has 1 rings (SSSR count). The summed E-state index contributed by atoms with van der Waals surface area (Å²) in [4.78, 5) is 2.70. The molecule has 4 nitrogen and oxygen atoms in total. The van der Waals surface area contributed by atoms with Crippen molar-refractivity contribution < 1.29 is 0 Å². The van der Waals surface area contributed by atoms with E-state index < -0.39 is 0 Å². The SMILES string of the molecule is CCCCCCCCCCCCCCN1CCCC(C)C1.N#CNC#N. The number of hydrogen-bond donors (Lipinski definition) is 1. The molecule has 150 valence electrons. The van der Waals surface area contributed by atoms with Crippen molar-refractivity contribution in [3.05, 3.63) is 0 Å². The number of nitriles is 2. The fourth-order valence-corrected chi connectivity index (χ4v) is 3.69. The minimum Gasteiger partial charge on any atom is -0.303 e. The third-order valence-electron chi connectivity index (χ3n) is 5.18. The fourth-order valence-electron chi connectivity index (χ4n) is 3.69. The summed E-state index contributed by atoms with van der Waals surface area (Å²) in [6, 6.07) is 0. The largest absolute Gasteiger partial charge is 0.303 e. The van der Waals surface area contributed by atoms with Crippen LogP contribution in [0.15, 0.2) is 0 Å². The van der Waals surface area contributed by atoms with Crippen LogP contribution in [0.2, 0.25) is 0 Å². The molecule has 1 N–H and O–H groups in total. The Morgan fingerprint density at radius 3 is 1.77 bits per heavy atom. The zero-order chi connectivity index (χ0) is 19.3. The van der Waals surface area contributed by atoms with E-state index in [9.17, 15) is 0 Å². The number of piperidine rings is 1. The van der Waals surface area contributed by atoms with Crippen molar-refractivity contribution in [3.63, 3.8) is 0 Å². The minimum absolute atomic E-state index is 0.941. The second-order valence-corrected chi connectivity index (χ2v) is 7.79. The van der Waals surface area contributed by atoms with Crippen molar-refractivity contribution in [2.24, 2.45) is 5.92 Å². The summed E-state index contributed by atoms with van der Waals surface area (Å²) < 4.78 is 0. The Bertz CT molecular complexity index is 357. The van der Waals surface area contributed by atoms with Gasteiger partial charge in [0.25, 0.3) is 0 Å². The molecule has 1 atom stereocenters. The summed E-state index contributed by atoms with van der Waals surface area (Å²) in [5.41, 5.74) is 0. The predicted octanol–water partition coefficient (Wildman–Crippen LogP) is 5.96. The van der Waals surface area contributed by atoms with Crippen LogP contribution < -0.4 is 5.32 Å². The molecule has 1 aliphatic heterocycles. The van der Waals surface area contributed by atoms with E-state index in [1.807, 2.05) is 0 Å². The molecule has 1 heterocycles. The van der Waals surface area contributed by atoms with Gasteiger partial charge in [-0.1, -0.05) is 84.5 Å². The Balaban J connectivity index is 0.00000110. The van der Waals surface area contributed by atoms with Crippen molar-refractivity contribution in [3.8, 4) is 12.4 Å². The average molecular weight is 363 g/mol. The van der Waals surface area contributed by atoms with E-state index in [0.717, 1.165) is 5.92 Å². The Morgan fingerprint density at radius 2 is 1.35 bits per heavy atom. The molecule has 4 heteroatoms. The number of likely N-dealkylation sites (tertiary alicyclic amines) is 1. The van der Waals surface area contributed by atoms with Crippen molar-refractivity contribution in [2.45, 2.75) is 104 Å². The summed E-state index contributed by atoms with van der Waals surface area (Å²) in [5, 5.41) is 16.7. The van der Waals surface area contributed by atoms with Crippen molar-refractivity contribution in [1.82, 2.24) is 10.2 Å². The topological polar surface area (TPSA) is 62.9 Å². The number of unbranched alkanes of at least 4 members (excludes halogenated alkanes) is 11. The smallest absolute Gasteiger partial charge is 0.190 e. The first-order valence-electron chi connectivity index (χ1n) is 11.0. The lowest BCUT2D eigenvalue weighted by molar-refractivity contribution is 0.180. The van der Waals surface area contributed by atoms with Crippen LogP contribution in [0.4, 0.5) is 0 Å². The molecule has 0 radical (unpaired) electrons. The quantitative estimate of drug-likeness (QED) is 0.249. The van der Waals surface area contributed by atoms with Gasteiger partial charge in [0.2, 0.25) is 0 Å². The van der Waals surface area contributed by atoms with Gasteiger partial charge in [-0.25, -0.2) is 5.32 Å². The summed E-state index contributed by atoms with van der Waals surface area (Å²) in [7, 11) is 0. The number of nitrogens with zero attached hydrogens (tertiary/aromatic N) is 3. The first-order valence-corrected chi connectivity index (χ1v) is 11.0. The van der Waals surface area contributed by atoms with E-state index in [1.165, 1.54) is 122 Å². The monoisotopic (exact) mass is 362 g/mol. The molecule has 0 aromatic carbocycles.